The summed E-state index contributed by atoms with van der Waals surface area (Å²) in [6, 6.07) is 12.3. The number of likely N-dealkylation sites (tertiary alicyclic amines) is 1. The third-order valence-electron chi connectivity index (χ3n) is 11.0. The van der Waals surface area contributed by atoms with Crippen LogP contribution in [0.15, 0.2) is 36.4 Å². The van der Waals surface area contributed by atoms with Crippen molar-refractivity contribution >= 4 is 17.7 Å². The summed E-state index contributed by atoms with van der Waals surface area (Å²) in [6.45, 7) is 4.75. The third-order valence-corrected chi connectivity index (χ3v) is 11.0. The Kier molecular flexibility index (Phi) is 11.6. The highest BCUT2D eigenvalue weighted by atomic mass is 19.1. The van der Waals surface area contributed by atoms with Gasteiger partial charge in [0.2, 0.25) is 0 Å². The number of piperidine rings is 1. The van der Waals surface area contributed by atoms with Crippen LogP contribution in [-0.2, 0) is 26.2 Å². The average Bonchev–Trinajstić information content (AvgIpc) is 3.52. The number of amides is 1. The molecule has 1 aliphatic carbocycles. The van der Waals surface area contributed by atoms with Gasteiger partial charge in [0.05, 0.1) is 31.5 Å². The minimum absolute atomic E-state index is 0.0481. The molecule has 0 bridgehead atoms. The Morgan fingerprint density at radius 3 is 2.46 bits per heavy atom. The molecule has 0 radical (unpaired) electrons. The number of methoxy groups -OCH3 is 2. The quantitative estimate of drug-likeness (QED) is 0.305. The monoisotopic (exact) mass is 665 g/mol. The first-order valence-electron chi connectivity index (χ1n) is 17.1. The summed E-state index contributed by atoms with van der Waals surface area (Å²) in [5.74, 6) is -0.253. The van der Waals surface area contributed by atoms with E-state index in [2.05, 4.69) is 21.2 Å². The standard InChI is InChI=1S/C37H49F2N5O4/c1-42(2)23-31-27(19-40)11-12-33(35(31)39)44-21-25(22-44)20-43-15-13-28(14-16-43)37(24-41-36(46)48-4,29-8-6-9-30(38)18-29)32-10-5-7-26(32)17-34(45)47-3/h6,8-9,11-12,18,25-26,28,32H,5,7,10,13-17,20-24H2,1-4H3,(H,41,46)/t26-,32+,37+/m1/s1. The van der Waals surface area contributed by atoms with Crippen LogP contribution in [0, 0.1) is 46.6 Å². The van der Waals surface area contributed by atoms with E-state index in [1.54, 1.807) is 24.3 Å². The van der Waals surface area contributed by atoms with E-state index in [0.717, 1.165) is 70.4 Å². The minimum Gasteiger partial charge on any atom is -0.469 e. The van der Waals surface area contributed by atoms with Gasteiger partial charge in [0.1, 0.15) is 5.82 Å². The van der Waals surface area contributed by atoms with Crippen molar-refractivity contribution in [1.82, 2.24) is 15.1 Å². The molecule has 2 heterocycles. The van der Waals surface area contributed by atoms with Crippen molar-refractivity contribution in [3.8, 4) is 6.07 Å². The van der Waals surface area contributed by atoms with Gasteiger partial charge in [-0.15, -0.1) is 0 Å². The van der Waals surface area contributed by atoms with Crippen LogP contribution in [-0.4, -0.2) is 89.4 Å². The number of rotatable bonds is 12. The maximum atomic E-state index is 15.5. The molecule has 1 saturated carbocycles. The summed E-state index contributed by atoms with van der Waals surface area (Å²) >= 11 is 0. The van der Waals surface area contributed by atoms with Gasteiger partial charge in [-0.3, -0.25) is 4.79 Å². The Hall–Kier alpha value is -3.75. The van der Waals surface area contributed by atoms with Gasteiger partial charge >= 0.3 is 12.1 Å². The lowest BCUT2D eigenvalue weighted by molar-refractivity contribution is -0.142. The van der Waals surface area contributed by atoms with Crippen molar-refractivity contribution in [2.45, 2.75) is 50.5 Å². The summed E-state index contributed by atoms with van der Waals surface area (Å²) in [5.41, 5.74) is 1.62. The molecule has 2 saturated heterocycles. The first kappa shape index (κ1) is 35.6. The van der Waals surface area contributed by atoms with Gasteiger partial charge in [-0.25, -0.2) is 13.6 Å². The number of carbonyl (C=O) groups is 2. The van der Waals surface area contributed by atoms with E-state index in [9.17, 15) is 19.2 Å². The lowest BCUT2D eigenvalue weighted by Crippen LogP contribution is -2.56. The fraction of sp³-hybridized carbons (Fsp3) is 0.595. The Labute approximate surface area is 283 Å². The molecule has 48 heavy (non-hydrogen) atoms. The molecule has 2 aromatic carbocycles. The molecule has 260 valence electrons. The van der Waals surface area contributed by atoms with Gasteiger partial charge in [0.25, 0.3) is 0 Å². The molecule has 5 rings (SSSR count). The predicted molar refractivity (Wildman–Crippen MR) is 179 cm³/mol. The van der Waals surface area contributed by atoms with E-state index in [1.165, 1.54) is 20.3 Å². The highest BCUT2D eigenvalue weighted by Crippen LogP contribution is 2.53. The van der Waals surface area contributed by atoms with Gasteiger partial charge in [0, 0.05) is 56.0 Å². The van der Waals surface area contributed by atoms with Crippen molar-refractivity contribution in [3.05, 3.63) is 64.7 Å². The number of benzene rings is 2. The molecule has 3 atom stereocenters. The number of nitrogens with zero attached hydrogens (tertiary/aromatic N) is 4. The Morgan fingerprint density at radius 1 is 1.06 bits per heavy atom. The second kappa shape index (κ2) is 15.6. The van der Waals surface area contributed by atoms with Gasteiger partial charge in [-0.1, -0.05) is 18.6 Å². The van der Waals surface area contributed by atoms with Gasteiger partial charge < -0.3 is 29.5 Å². The van der Waals surface area contributed by atoms with E-state index in [1.807, 2.05) is 25.1 Å². The average molecular weight is 666 g/mol. The Bertz CT molecular complexity index is 1480. The maximum Gasteiger partial charge on any atom is 0.406 e. The zero-order valence-corrected chi connectivity index (χ0v) is 28.6. The third kappa shape index (κ3) is 7.60. The highest BCUT2D eigenvalue weighted by molar-refractivity contribution is 5.69. The first-order valence-corrected chi connectivity index (χ1v) is 17.1. The molecule has 0 spiro atoms. The normalized spacial score (nSPS) is 21.8. The van der Waals surface area contributed by atoms with Crippen LogP contribution >= 0.6 is 0 Å². The molecule has 2 aliphatic heterocycles. The van der Waals surface area contributed by atoms with Crippen molar-refractivity contribution in [2.75, 3.05) is 72.5 Å². The van der Waals surface area contributed by atoms with Crippen LogP contribution in [0.5, 0.6) is 0 Å². The van der Waals surface area contributed by atoms with Crippen molar-refractivity contribution in [2.24, 2.45) is 23.7 Å². The summed E-state index contributed by atoms with van der Waals surface area (Å²) < 4.78 is 40.5. The van der Waals surface area contributed by atoms with Gasteiger partial charge in [-0.2, -0.15) is 5.26 Å². The van der Waals surface area contributed by atoms with Gasteiger partial charge in [-0.05, 0) is 100 Å². The number of ether oxygens (including phenoxy) is 2. The molecule has 1 amide bonds. The first-order chi connectivity index (χ1) is 23.1. The van der Waals surface area contributed by atoms with Gasteiger partial charge in [0.15, 0.2) is 5.82 Å². The molecule has 3 aliphatic rings. The Morgan fingerprint density at radius 2 is 1.81 bits per heavy atom. The number of halogens is 2. The number of nitriles is 1. The van der Waals surface area contributed by atoms with E-state index in [4.69, 9.17) is 9.47 Å². The van der Waals surface area contributed by atoms with Crippen molar-refractivity contribution < 1.29 is 27.8 Å². The van der Waals surface area contributed by atoms with Crippen LogP contribution in [0.1, 0.15) is 55.2 Å². The number of nitrogens with one attached hydrogen (secondary N) is 1. The van der Waals surface area contributed by atoms with Crippen molar-refractivity contribution in [3.63, 3.8) is 0 Å². The number of carbonyl (C=O) groups excluding carboxylic acids is 2. The molecule has 11 heteroatoms. The number of esters is 1. The molecule has 2 aromatic rings. The molecular weight excluding hydrogens is 616 g/mol. The van der Waals surface area contributed by atoms with Crippen molar-refractivity contribution in [1.29, 1.82) is 5.26 Å². The number of alkyl carbamates (subject to hydrolysis) is 1. The van der Waals surface area contributed by atoms with Crippen LogP contribution in [0.25, 0.3) is 0 Å². The van der Waals surface area contributed by atoms with Crippen LogP contribution in [0.3, 0.4) is 0 Å². The highest BCUT2D eigenvalue weighted by Gasteiger charge is 2.52. The Balaban J connectivity index is 1.31. The van der Waals surface area contributed by atoms with E-state index >= 15 is 4.39 Å². The summed E-state index contributed by atoms with van der Waals surface area (Å²) in [5, 5.41) is 12.5. The maximum absolute atomic E-state index is 15.5. The fourth-order valence-electron chi connectivity index (χ4n) is 8.76. The molecule has 0 aromatic heterocycles. The fourth-order valence-corrected chi connectivity index (χ4v) is 8.76. The largest absolute Gasteiger partial charge is 0.469 e. The zero-order chi connectivity index (χ0) is 34.4. The van der Waals surface area contributed by atoms with E-state index < -0.39 is 11.5 Å². The summed E-state index contributed by atoms with van der Waals surface area (Å²) in [4.78, 5) is 31.4. The minimum atomic E-state index is -0.595. The predicted octanol–water partition coefficient (Wildman–Crippen LogP) is 5.32. The number of hydrogen-bond acceptors (Lipinski definition) is 8. The number of hydrogen-bond donors (Lipinski definition) is 1. The molecule has 1 N–H and O–H groups in total. The van der Waals surface area contributed by atoms with E-state index in [-0.39, 0.29) is 35.4 Å². The van der Waals surface area contributed by atoms with Crippen LogP contribution < -0.4 is 10.2 Å². The van der Waals surface area contributed by atoms with Crippen LogP contribution in [0.2, 0.25) is 0 Å². The lowest BCUT2D eigenvalue weighted by Gasteiger charge is -2.51. The molecular formula is C37H49F2N5O4. The molecule has 3 fully saturated rings. The number of anilines is 1. The second-order valence-corrected chi connectivity index (χ2v) is 14.1. The smallest absolute Gasteiger partial charge is 0.406 e. The van der Waals surface area contributed by atoms with Crippen LogP contribution in [0.4, 0.5) is 19.3 Å². The zero-order valence-electron chi connectivity index (χ0n) is 28.6. The second-order valence-electron chi connectivity index (χ2n) is 14.1. The summed E-state index contributed by atoms with van der Waals surface area (Å²) in [6.07, 6.45) is 4.19. The van der Waals surface area contributed by atoms with E-state index in [0.29, 0.717) is 42.2 Å². The molecule has 9 nitrogen and oxygen atoms in total. The topological polar surface area (TPSA) is 98.1 Å². The SMILES string of the molecule is COC(=O)C[C@H]1CCC[C@@H]1[C@](CNC(=O)OC)(c1cccc(F)c1)C1CCN(CC2CN(c3ccc(C#N)c(CN(C)C)c3F)C2)CC1. The lowest BCUT2D eigenvalue weighted by atomic mass is 9.57. The summed E-state index contributed by atoms with van der Waals surface area (Å²) in [7, 11) is 6.48. The molecule has 0 unspecified atom stereocenters.